The summed E-state index contributed by atoms with van der Waals surface area (Å²) in [4.78, 5) is 17.6. The molecular weight excluding hydrogens is 435 g/mol. The summed E-state index contributed by atoms with van der Waals surface area (Å²) in [7, 11) is 0. The van der Waals surface area contributed by atoms with Crippen molar-refractivity contribution in [2.75, 3.05) is 13.2 Å². The van der Waals surface area contributed by atoms with Crippen LogP contribution in [-0.2, 0) is 11.2 Å². The molecule has 0 radical (unpaired) electrons. The molecule has 0 bridgehead atoms. The van der Waals surface area contributed by atoms with E-state index in [-0.39, 0.29) is 23.7 Å². The molecule has 5 rings (SSSR count). The van der Waals surface area contributed by atoms with E-state index in [1.54, 1.807) is 18.3 Å². The van der Waals surface area contributed by atoms with Gasteiger partial charge < -0.3 is 9.84 Å². The van der Waals surface area contributed by atoms with Crippen LogP contribution in [0.3, 0.4) is 0 Å². The number of carbonyl (C=O) groups excluding carboxylic acids is 1. The van der Waals surface area contributed by atoms with E-state index >= 15 is 4.48 Å². The lowest BCUT2D eigenvalue weighted by Crippen LogP contribution is -2.47. The SMILES string of the molecule is Cc1[nH]ncc1-c1ccc(Cc2cc(C(=O)N(F)[C@H]3CCOC[C@@H]3O)cc3ccccc23)cn1. The number of amides is 1. The first kappa shape index (κ1) is 22.2. The average molecular weight is 461 g/mol. The fraction of sp³-hybridized carbons (Fsp3) is 0.269. The molecule has 34 heavy (non-hydrogen) atoms. The van der Waals surface area contributed by atoms with Gasteiger partial charge >= 0.3 is 0 Å². The molecule has 8 heteroatoms. The van der Waals surface area contributed by atoms with Crippen molar-refractivity contribution < 1.29 is 19.1 Å². The Morgan fingerprint density at radius 2 is 2.09 bits per heavy atom. The van der Waals surface area contributed by atoms with Crippen LogP contribution >= 0.6 is 0 Å². The van der Waals surface area contributed by atoms with Gasteiger partial charge in [-0.2, -0.15) is 10.2 Å². The Kier molecular flexibility index (Phi) is 6.08. The molecule has 0 saturated carbocycles. The number of hydrogen-bond acceptors (Lipinski definition) is 5. The van der Waals surface area contributed by atoms with Gasteiger partial charge in [-0.15, -0.1) is 0 Å². The van der Waals surface area contributed by atoms with Crippen molar-refractivity contribution in [1.29, 1.82) is 0 Å². The zero-order valence-corrected chi connectivity index (χ0v) is 18.7. The number of benzene rings is 2. The first-order chi connectivity index (χ1) is 16.5. The standard InChI is InChI=1S/C26H25FN4O3/c1-16-22(14-29-30-16)23-7-6-17(13-28-23)10-19-12-20(11-18-4-2-3-5-21(18)19)26(33)31(27)24-8-9-34-15-25(24)32/h2-7,11-14,24-25,32H,8-10,15H2,1H3,(H,29,30)/t24-,25-/m0/s1. The minimum Gasteiger partial charge on any atom is -0.388 e. The fourth-order valence-electron chi connectivity index (χ4n) is 4.43. The molecule has 7 nitrogen and oxygen atoms in total. The number of aliphatic hydroxyl groups is 1. The number of hydrogen-bond donors (Lipinski definition) is 2. The summed E-state index contributed by atoms with van der Waals surface area (Å²) in [5.74, 6) is -0.762. The summed E-state index contributed by atoms with van der Waals surface area (Å²) in [6, 6.07) is 14.2. The highest BCUT2D eigenvalue weighted by Crippen LogP contribution is 2.27. The fourth-order valence-corrected chi connectivity index (χ4v) is 4.43. The molecule has 1 aliphatic rings. The van der Waals surface area contributed by atoms with Gasteiger partial charge in [-0.1, -0.05) is 34.8 Å². The molecule has 2 N–H and O–H groups in total. The van der Waals surface area contributed by atoms with E-state index < -0.39 is 18.1 Å². The van der Waals surface area contributed by atoms with Gasteiger partial charge in [0.25, 0.3) is 5.91 Å². The lowest BCUT2D eigenvalue weighted by molar-refractivity contribution is -0.105. The molecule has 0 aliphatic carbocycles. The first-order valence-corrected chi connectivity index (χ1v) is 11.2. The number of H-pyrrole nitrogens is 1. The molecule has 1 fully saturated rings. The second-order valence-corrected chi connectivity index (χ2v) is 8.61. The van der Waals surface area contributed by atoms with Crippen molar-refractivity contribution in [3.8, 4) is 11.3 Å². The number of carbonyl (C=O) groups is 1. The van der Waals surface area contributed by atoms with Crippen molar-refractivity contribution in [3.05, 3.63) is 83.3 Å². The third-order valence-electron chi connectivity index (χ3n) is 6.30. The van der Waals surface area contributed by atoms with E-state index in [4.69, 9.17) is 4.74 Å². The molecule has 1 amide bonds. The Morgan fingerprint density at radius 3 is 2.82 bits per heavy atom. The highest BCUT2D eigenvalue weighted by atomic mass is 19.2. The minimum atomic E-state index is -1.05. The number of pyridine rings is 1. The Hall–Kier alpha value is -3.62. The van der Waals surface area contributed by atoms with Crippen LogP contribution in [0.25, 0.3) is 22.0 Å². The van der Waals surface area contributed by atoms with Gasteiger partial charge in [-0.05, 0) is 59.9 Å². The van der Waals surface area contributed by atoms with E-state index in [9.17, 15) is 9.90 Å². The maximum atomic E-state index is 15.0. The summed E-state index contributed by atoms with van der Waals surface area (Å²) in [5, 5.41) is 19.1. The summed E-state index contributed by atoms with van der Waals surface area (Å²) in [6.45, 7) is 2.27. The zero-order valence-electron chi connectivity index (χ0n) is 18.7. The number of rotatable bonds is 5. The Balaban J connectivity index is 1.45. The Bertz CT molecular complexity index is 1320. The lowest BCUT2D eigenvalue weighted by atomic mass is 9.95. The number of aromatic amines is 1. The highest BCUT2D eigenvalue weighted by molar-refractivity contribution is 5.99. The van der Waals surface area contributed by atoms with Crippen LogP contribution in [0.15, 0.2) is 60.9 Å². The predicted molar refractivity (Wildman–Crippen MR) is 126 cm³/mol. The molecular formula is C26H25FN4O3. The smallest absolute Gasteiger partial charge is 0.281 e. The summed E-state index contributed by atoms with van der Waals surface area (Å²) in [5.41, 5.74) is 4.83. The van der Waals surface area contributed by atoms with E-state index in [0.717, 1.165) is 38.9 Å². The maximum Gasteiger partial charge on any atom is 0.281 e. The maximum absolute atomic E-state index is 15.0. The monoisotopic (exact) mass is 460 g/mol. The van der Waals surface area contributed by atoms with Gasteiger partial charge in [0.05, 0.1) is 24.5 Å². The van der Waals surface area contributed by atoms with Crippen molar-refractivity contribution in [2.45, 2.75) is 31.9 Å². The van der Waals surface area contributed by atoms with Crippen LogP contribution < -0.4 is 0 Å². The van der Waals surface area contributed by atoms with E-state index in [0.29, 0.717) is 13.0 Å². The van der Waals surface area contributed by atoms with Crippen LogP contribution in [0.1, 0.15) is 33.6 Å². The lowest BCUT2D eigenvalue weighted by Gasteiger charge is -2.31. The van der Waals surface area contributed by atoms with Crippen LogP contribution in [0.2, 0.25) is 0 Å². The van der Waals surface area contributed by atoms with Crippen molar-refractivity contribution in [3.63, 3.8) is 0 Å². The molecule has 2 aromatic heterocycles. The largest absolute Gasteiger partial charge is 0.388 e. The topological polar surface area (TPSA) is 91.3 Å². The molecule has 3 heterocycles. The minimum absolute atomic E-state index is 0.0165. The number of aryl methyl sites for hydroxylation is 1. The van der Waals surface area contributed by atoms with Gasteiger partial charge in [0.1, 0.15) is 6.10 Å². The molecule has 2 aromatic carbocycles. The average Bonchev–Trinajstić information content (AvgIpc) is 3.29. The van der Waals surface area contributed by atoms with Gasteiger partial charge in [0, 0.05) is 29.6 Å². The number of aromatic nitrogens is 3. The quantitative estimate of drug-likeness (QED) is 0.439. The van der Waals surface area contributed by atoms with E-state index in [1.807, 2.05) is 49.5 Å². The summed E-state index contributed by atoms with van der Waals surface area (Å²) >= 11 is 0. The normalized spacial score (nSPS) is 18.2. The molecule has 1 saturated heterocycles. The molecule has 4 aromatic rings. The van der Waals surface area contributed by atoms with Crippen LogP contribution in [0, 0.1) is 6.92 Å². The zero-order chi connectivity index (χ0) is 23.7. The Morgan fingerprint density at radius 1 is 1.24 bits per heavy atom. The van der Waals surface area contributed by atoms with Crippen LogP contribution in [-0.4, -0.2) is 56.7 Å². The predicted octanol–water partition coefficient (Wildman–Crippen LogP) is 4.00. The number of ether oxygens (including phenoxy) is 1. The summed E-state index contributed by atoms with van der Waals surface area (Å²) in [6.07, 6.45) is 3.29. The van der Waals surface area contributed by atoms with E-state index in [2.05, 4.69) is 15.2 Å². The van der Waals surface area contributed by atoms with Gasteiger partial charge in [0.2, 0.25) is 0 Å². The third-order valence-corrected chi connectivity index (χ3v) is 6.30. The third kappa shape index (κ3) is 4.30. The van der Waals surface area contributed by atoms with Crippen LogP contribution in [0.5, 0.6) is 0 Å². The van der Waals surface area contributed by atoms with Crippen molar-refractivity contribution in [2.24, 2.45) is 0 Å². The molecule has 174 valence electrons. The first-order valence-electron chi connectivity index (χ1n) is 11.2. The van der Waals surface area contributed by atoms with Gasteiger partial charge in [-0.25, -0.2) is 0 Å². The highest BCUT2D eigenvalue weighted by Gasteiger charge is 2.34. The number of halogens is 1. The number of fused-ring (bicyclic) bond motifs is 1. The van der Waals surface area contributed by atoms with Crippen molar-refractivity contribution in [1.82, 2.24) is 20.3 Å². The summed E-state index contributed by atoms with van der Waals surface area (Å²) < 4.78 is 20.2. The van der Waals surface area contributed by atoms with Crippen molar-refractivity contribution >= 4 is 16.7 Å². The van der Waals surface area contributed by atoms with Gasteiger partial charge in [-0.3, -0.25) is 14.9 Å². The second-order valence-electron chi connectivity index (χ2n) is 8.61. The van der Waals surface area contributed by atoms with Gasteiger partial charge in [0.15, 0.2) is 0 Å². The molecule has 2 atom stereocenters. The van der Waals surface area contributed by atoms with E-state index in [1.165, 1.54) is 0 Å². The Labute approximate surface area is 196 Å². The number of nitrogens with zero attached hydrogens (tertiary/aromatic N) is 3. The molecule has 0 spiro atoms. The number of aliphatic hydroxyl groups excluding tert-OH is 1. The molecule has 0 unspecified atom stereocenters. The van der Waals surface area contributed by atoms with Crippen LogP contribution in [0.4, 0.5) is 4.48 Å². The second kappa shape index (κ2) is 9.32. The molecule has 1 aliphatic heterocycles. The number of nitrogens with one attached hydrogen (secondary N) is 1.